The summed E-state index contributed by atoms with van der Waals surface area (Å²) in [4.78, 5) is 11.3. The van der Waals surface area contributed by atoms with Crippen LogP contribution in [0.2, 0.25) is 0 Å². The highest BCUT2D eigenvalue weighted by atomic mass is 32.2. The summed E-state index contributed by atoms with van der Waals surface area (Å²) in [5.74, 6) is -0.134. The van der Waals surface area contributed by atoms with Crippen molar-refractivity contribution in [2.45, 2.75) is 32.6 Å². The van der Waals surface area contributed by atoms with Crippen molar-refractivity contribution in [3.8, 4) is 0 Å². The Balaban J connectivity index is 2.35. The zero-order valence-corrected chi connectivity index (χ0v) is 9.26. The van der Waals surface area contributed by atoms with Crippen molar-refractivity contribution in [2.75, 3.05) is 0 Å². The minimum atomic E-state index is -3.91. The molecule has 1 saturated carbocycles. The summed E-state index contributed by atoms with van der Waals surface area (Å²) in [6.07, 6.45) is 3.92. The highest BCUT2D eigenvalue weighted by Gasteiger charge is 2.34. The molecule has 1 heterocycles. The second kappa shape index (κ2) is 3.52. The Hall–Kier alpha value is -1.04. The van der Waals surface area contributed by atoms with E-state index in [0.717, 1.165) is 25.7 Å². The van der Waals surface area contributed by atoms with Gasteiger partial charge in [0.1, 0.15) is 5.76 Å². The fraction of sp³-hybridized carbons (Fsp3) is 0.667. The molecule has 0 spiro atoms. The minimum Gasteiger partial charge on any atom is -0.371 e. The van der Waals surface area contributed by atoms with Gasteiger partial charge in [0, 0.05) is 5.92 Å². The lowest BCUT2D eigenvalue weighted by Gasteiger charge is -2.22. The summed E-state index contributed by atoms with van der Waals surface area (Å²) in [5.41, 5.74) is 0.386. The van der Waals surface area contributed by atoms with Gasteiger partial charge < -0.3 is 4.18 Å². The van der Waals surface area contributed by atoms with Crippen LogP contribution in [0.4, 0.5) is 0 Å². The van der Waals surface area contributed by atoms with Gasteiger partial charge in [-0.1, -0.05) is 12.8 Å². The fourth-order valence-electron chi connectivity index (χ4n) is 2.07. The summed E-state index contributed by atoms with van der Waals surface area (Å²) in [7, 11) is -3.91. The summed E-state index contributed by atoms with van der Waals surface area (Å²) in [6.45, 7) is 1.59. The predicted octanol–water partition coefficient (Wildman–Crippen LogP) is 0.842. The van der Waals surface area contributed by atoms with Crippen molar-refractivity contribution in [1.29, 1.82) is 0 Å². The monoisotopic (exact) mass is 231 g/mol. The second-order valence-electron chi connectivity index (χ2n) is 3.94. The van der Waals surface area contributed by atoms with Crippen molar-refractivity contribution in [2.24, 2.45) is 5.92 Å². The third-order valence-electron chi connectivity index (χ3n) is 2.85. The maximum Gasteiger partial charge on any atom is 0.409 e. The highest BCUT2D eigenvalue weighted by molar-refractivity contribution is 7.85. The minimum absolute atomic E-state index is 0.0887. The number of hydrogen-bond acceptors (Lipinski definition) is 4. The lowest BCUT2D eigenvalue weighted by atomic mass is 10.0. The number of amides is 1. The molecule has 0 atom stereocenters. The average Bonchev–Trinajstić information content (AvgIpc) is 2.63. The van der Waals surface area contributed by atoms with Gasteiger partial charge in [0.15, 0.2) is 0 Å². The molecule has 0 radical (unpaired) electrons. The van der Waals surface area contributed by atoms with Crippen LogP contribution in [-0.4, -0.2) is 14.3 Å². The third kappa shape index (κ3) is 1.99. The zero-order chi connectivity index (χ0) is 11.1. The van der Waals surface area contributed by atoms with Crippen molar-refractivity contribution in [1.82, 2.24) is 4.72 Å². The molecule has 2 rings (SSSR count). The van der Waals surface area contributed by atoms with Crippen LogP contribution in [0.1, 0.15) is 32.6 Å². The molecule has 0 bridgehead atoms. The molecule has 1 aliphatic heterocycles. The molecule has 1 amide bonds. The zero-order valence-electron chi connectivity index (χ0n) is 8.45. The molecular weight excluding hydrogens is 218 g/mol. The van der Waals surface area contributed by atoms with E-state index in [1.807, 2.05) is 4.72 Å². The summed E-state index contributed by atoms with van der Waals surface area (Å²) < 4.78 is 29.0. The van der Waals surface area contributed by atoms with E-state index in [1.165, 1.54) is 0 Å². The number of allylic oxidation sites excluding steroid dienone is 1. The molecule has 0 saturated heterocycles. The van der Waals surface area contributed by atoms with Gasteiger partial charge in [0.25, 0.3) is 5.91 Å². The molecule has 1 aliphatic carbocycles. The van der Waals surface area contributed by atoms with E-state index in [1.54, 1.807) is 6.92 Å². The Morgan fingerprint density at radius 2 is 1.93 bits per heavy atom. The van der Waals surface area contributed by atoms with Crippen LogP contribution in [0.25, 0.3) is 0 Å². The molecule has 0 unspecified atom stereocenters. The molecule has 5 nitrogen and oxygen atoms in total. The Morgan fingerprint density at radius 1 is 1.33 bits per heavy atom. The van der Waals surface area contributed by atoms with E-state index in [9.17, 15) is 13.2 Å². The molecule has 2 aliphatic rings. The van der Waals surface area contributed by atoms with Crippen LogP contribution in [0.5, 0.6) is 0 Å². The fourth-order valence-corrected chi connectivity index (χ4v) is 2.99. The molecule has 1 N–H and O–H groups in total. The van der Waals surface area contributed by atoms with Gasteiger partial charge in [0.05, 0.1) is 5.57 Å². The van der Waals surface area contributed by atoms with Gasteiger partial charge in [-0.15, -0.1) is 0 Å². The normalized spacial score (nSPS) is 26.3. The van der Waals surface area contributed by atoms with E-state index >= 15 is 0 Å². The lowest BCUT2D eigenvalue weighted by molar-refractivity contribution is -0.116. The largest absolute Gasteiger partial charge is 0.409 e. The predicted molar refractivity (Wildman–Crippen MR) is 52.8 cm³/mol. The second-order valence-corrected chi connectivity index (χ2v) is 5.22. The van der Waals surface area contributed by atoms with Gasteiger partial charge in [0.2, 0.25) is 0 Å². The molecule has 84 valence electrons. The molecule has 6 heteroatoms. The van der Waals surface area contributed by atoms with E-state index in [-0.39, 0.29) is 5.92 Å². The topological polar surface area (TPSA) is 72.5 Å². The van der Waals surface area contributed by atoms with Crippen LogP contribution < -0.4 is 4.72 Å². The maximum absolute atomic E-state index is 11.3. The smallest absolute Gasteiger partial charge is 0.371 e. The summed E-state index contributed by atoms with van der Waals surface area (Å²) in [5, 5.41) is 0. The first kappa shape index (κ1) is 10.5. The molecule has 0 aromatic rings. The van der Waals surface area contributed by atoms with Gasteiger partial charge in [-0.25, -0.2) is 4.72 Å². The van der Waals surface area contributed by atoms with E-state index < -0.39 is 16.2 Å². The van der Waals surface area contributed by atoms with Crippen molar-refractivity contribution < 1.29 is 17.4 Å². The first-order valence-electron chi connectivity index (χ1n) is 4.97. The Bertz CT molecular complexity index is 417. The van der Waals surface area contributed by atoms with Gasteiger partial charge in [-0.05, 0) is 19.8 Å². The van der Waals surface area contributed by atoms with Crippen molar-refractivity contribution >= 4 is 16.2 Å². The molecule has 0 aromatic heterocycles. The number of carbonyl (C=O) groups is 1. The van der Waals surface area contributed by atoms with Crippen LogP contribution >= 0.6 is 0 Å². The van der Waals surface area contributed by atoms with Crippen LogP contribution in [0.3, 0.4) is 0 Å². The Labute approximate surface area is 88.8 Å². The summed E-state index contributed by atoms with van der Waals surface area (Å²) >= 11 is 0. The average molecular weight is 231 g/mol. The van der Waals surface area contributed by atoms with Crippen molar-refractivity contribution in [3.63, 3.8) is 0 Å². The number of rotatable bonds is 1. The SMILES string of the molecule is CC1=C(C2CCCC2)OS(=O)(=O)NC1=O. The number of carbonyl (C=O) groups excluding carboxylic acids is 1. The van der Waals surface area contributed by atoms with Crippen molar-refractivity contribution in [3.05, 3.63) is 11.3 Å². The standard InChI is InChI=1S/C9H13NO4S/c1-6-8(7-4-2-3-5-7)14-15(12,13)10-9(6)11/h7H,2-5H2,1H3,(H,10,11). The van der Waals surface area contributed by atoms with Gasteiger partial charge >= 0.3 is 10.3 Å². The molecule has 1 fully saturated rings. The highest BCUT2D eigenvalue weighted by Crippen LogP contribution is 2.35. The van der Waals surface area contributed by atoms with Gasteiger partial charge in [-0.2, -0.15) is 8.42 Å². The van der Waals surface area contributed by atoms with E-state index in [2.05, 4.69) is 0 Å². The molecule has 15 heavy (non-hydrogen) atoms. The number of nitrogens with one attached hydrogen (secondary N) is 1. The lowest BCUT2D eigenvalue weighted by Crippen LogP contribution is -2.38. The first-order chi connectivity index (χ1) is 6.99. The Morgan fingerprint density at radius 3 is 2.53 bits per heavy atom. The third-order valence-corrected chi connectivity index (χ3v) is 3.69. The first-order valence-corrected chi connectivity index (χ1v) is 6.38. The Kier molecular flexibility index (Phi) is 2.46. The maximum atomic E-state index is 11.3. The van der Waals surface area contributed by atoms with Crippen LogP contribution in [0, 0.1) is 5.92 Å². The van der Waals surface area contributed by atoms with Crippen LogP contribution in [0.15, 0.2) is 11.3 Å². The number of hydrogen-bond donors (Lipinski definition) is 1. The molecule has 0 aromatic carbocycles. The summed E-state index contributed by atoms with van der Waals surface area (Å²) in [6, 6.07) is 0. The van der Waals surface area contributed by atoms with E-state index in [0.29, 0.717) is 11.3 Å². The van der Waals surface area contributed by atoms with Crippen LogP contribution in [-0.2, 0) is 19.3 Å². The van der Waals surface area contributed by atoms with E-state index in [4.69, 9.17) is 4.18 Å². The quantitative estimate of drug-likeness (QED) is 0.726. The van der Waals surface area contributed by atoms with Gasteiger partial charge in [-0.3, -0.25) is 4.79 Å². The molecular formula is C9H13NO4S.